The summed E-state index contributed by atoms with van der Waals surface area (Å²) in [5.41, 5.74) is 3.32. The first-order valence-electron chi connectivity index (χ1n) is 9.57. The van der Waals surface area contributed by atoms with Gasteiger partial charge in [-0.3, -0.25) is 0 Å². The number of nitrogens with zero attached hydrogens (tertiary/aromatic N) is 1. The topological polar surface area (TPSA) is 40.7 Å². The number of rotatable bonds is 2. The number of H-pyrrole nitrogens is 1. The number of aromatic amines is 1. The van der Waals surface area contributed by atoms with Gasteiger partial charge in [-0.15, -0.1) is 12.4 Å². The Morgan fingerprint density at radius 1 is 1.03 bits per heavy atom. The smallest absolute Gasteiger partial charge is 0.299 e. The third-order valence-electron chi connectivity index (χ3n) is 6.52. The third-order valence-corrected chi connectivity index (χ3v) is 7.02. The molecule has 2 heterocycles. The van der Waals surface area contributed by atoms with Crippen LogP contribution < -0.4 is 5.32 Å². The van der Waals surface area contributed by atoms with Gasteiger partial charge in [-0.25, -0.2) is 4.98 Å². The summed E-state index contributed by atoms with van der Waals surface area (Å²) in [4.78, 5) is 7.90. The van der Waals surface area contributed by atoms with Crippen LogP contribution >= 0.6 is 28.3 Å². The molecule has 3 aromatic rings. The lowest BCUT2D eigenvalue weighted by Crippen LogP contribution is -2.15. The summed E-state index contributed by atoms with van der Waals surface area (Å²) in [6.45, 7) is 1.05. The van der Waals surface area contributed by atoms with Crippen molar-refractivity contribution in [2.45, 2.75) is 31.2 Å². The molecule has 1 aromatic heterocycles. The lowest BCUT2D eigenvalue weighted by Gasteiger charge is -2.13. The number of alkyl halides is 2. The van der Waals surface area contributed by atoms with Crippen molar-refractivity contribution in [1.82, 2.24) is 15.3 Å². The highest BCUT2D eigenvalue weighted by atomic mass is 79.9. The number of hydrogen-bond acceptors (Lipinski definition) is 2. The molecule has 1 spiro atoms. The maximum absolute atomic E-state index is 15.1. The average molecular weight is 479 g/mol. The van der Waals surface area contributed by atoms with Crippen LogP contribution in [0.5, 0.6) is 0 Å². The van der Waals surface area contributed by atoms with Crippen molar-refractivity contribution in [3.63, 3.8) is 0 Å². The van der Waals surface area contributed by atoms with Crippen molar-refractivity contribution < 1.29 is 8.78 Å². The molecule has 0 amide bonds. The molecule has 1 aliphatic heterocycles. The molecule has 1 atom stereocenters. The van der Waals surface area contributed by atoms with E-state index in [1.54, 1.807) is 30.5 Å². The fourth-order valence-electron chi connectivity index (χ4n) is 4.69. The molecule has 150 valence electrons. The standard InChI is InChI=1S/C22H18BrF2N3.ClH/c23-13-2-4-15-14-3-1-12(7-16(14)22(24,25)17(15)8-13)19-10-26-20(28-19)18-9-21(5-6-21)11-27-18;/h1-4,7-8,10,18,27H,5-6,9,11H2,(H,26,28);1H. The van der Waals surface area contributed by atoms with Gasteiger partial charge in [-0.1, -0.05) is 34.1 Å². The van der Waals surface area contributed by atoms with E-state index in [9.17, 15) is 0 Å². The van der Waals surface area contributed by atoms with E-state index in [0.29, 0.717) is 21.0 Å². The fraction of sp³-hybridized carbons (Fsp3) is 0.318. The van der Waals surface area contributed by atoms with Crippen LogP contribution in [0.2, 0.25) is 0 Å². The van der Waals surface area contributed by atoms with Crippen LogP contribution in [0.15, 0.2) is 47.1 Å². The van der Waals surface area contributed by atoms with E-state index in [2.05, 4.69) is 31.2 Å². The Labute approximate surface area is 181 Å². The summed E-state index contributed by atoms with van der Waals surface area (Å²) >= 11 is 3.31. The van der Waals surface area contributed by atoms with Crippen LogP contribution in [0.1, 0.15) is 42.3 Å². The molecule has 0 bridgehead atoms. The average Bonchev–Trinajstić information content (AvgIpc) is 3.03. The van der Waals surface area contributed by atoms with Crippen molar-refractivity contribution in [2.75, 3.05) is 6.54 Å². The van der Waals surface area contributed by atoms with Gasteiger partial charge in [0.2, 0.25) is 0 Å². The highest BCUT2D eigenvalue weighted by Crippen LogP contribution is 2.55. The van der Waals surface area contributed by atoms with E-state index >= 15 is 8.78 Å². The Hall–Kier alpha value is -1.76. The van der Waals surface area contributed by atoms with Crippen LogP contribution in [0, 0.1) is 5.41 Å². The number of benzene rings is 2. The maximum atomic E-state index is 15.1. The van der Waals surface area contributed by atoms with Gasteiger partial charge in [0, 0.05) is 27.7 Å². The van der Waals surface area contributed by atoms with Gasteiger partial charge in [-0.2, -0.15) is 8.78 Å². The number of hydrogen-bond donors (Lipinski definition) is 2. The van der Waals surface area contributed by atoms with Crippen LogP contribution in [0.4, 0.5) is 8.78 Å². The highest BCUT2D eigenvalue weighted by molar-refractivity contribution is 9.10. The zero-order chi connectivity index (χ0) is 19.1. The fourth-order valence-corrected chi connectivity index (χ4v) is 5.05. The molecule has 3 nitrogen and oxygen atoms in total. The quantitative estimate of drug-likeness (QED) is 0.461. The van der Waals surface area contributed by atoms with E-state index in [4.69, 9.17) is 0 Å². The summed E-state index contributed by atoms with van der Waals surface area (Å²) in [7, 11) is 0. The first kappa shape index (κ1) is 19.2. The van der Waals surface area contributed by atoms with Gasteiger partial charge >= 0.3 is 0 Å². The highest BCUT2D eigenvalue weighted by Gasteiger charge is 2.49. The van der Waals surface area contributed by atoms with E-state index in [1.165, 1.54) is 18.9 Å². The second-order valence-electron chi connectivity index (χ2n) is 8.34. The summed E-state index contributed by atoms with van der Waals surface area (Å²) in [5.74, 6) is -2.10. The van der Waals surface area contributed by atoms with Gasteiger partial charge in [0.1, 0.15) is 5.82 Å². The Morgan fingerprint density at radius 2 is 1.76 bits per heavy atom. The molecule has 6 rings (SSSR count). The largest absolute Gasteiger partial charge is 0.341 e. The predicted molar refractivity (Wildman–Crippen MR) is 114 cm³/mol. The predicted octanol–water partition coefficient (Wildman–Crippen LogP) is 6.20. The summed E-state index contributed by atoms with van der Waals surface area (Å²) in [5, 5.41) is 3.54. The zero-order valence-electron chi connectivity index (χ0n) is 15.4. The first-order chi connectivity index (χ1) is 13.5. The molecule has 2 aliphatic carbocycles. The normalized spacial score (nSPS) is 22.2. The van der Waals surface area contributed by atoms with Gasteiger partial charge in [0.25, 0.3) is 5.92 Å². The van der Waals surface area contributed by atoms with Crippen LogP contribution in [0.3, 0.4) is 0 Å². The maximum Gasteiger partial charge on any atom is 0.299 e. The van der Waals surface area contributed by atoms with Gasteiger partial charge in [0.15, 0.2) is 0 Å². The molecule has 29 heavy (non-hydrogen) atoms. The second-order valence-corrected chi connectivity index (χ2v) is 9.26. The minimum absolute atomic E-state index is 0. The monoisotopic (exact) mass is 477 g/mol. The summed E-state index contributed by atoms with van der Waals surface area (Å²) in [6.07, 6.45) is 5.45. The molecule has 1 saturated carbocycles. The Bertz CT molecular complexity index is 1120. The molecule has 0 radical (unpaired) electrons. The third kappa shape index (κ3) is 2.87. The van der Waals surface area contributed by atoms with Crippen molar-refractivity contribution >= 4 is 28.3 Å². The second kappa shape index (κ2) is 6.37. The number of imidazole rings is 1. The number of nitrogens with one attached hydrogen (secondary N) is 2. The minimum atomic E-state index is -3.00. The van der Waals surface area contributed by atoms with Crippen molar-refractivity contribution in [3.8, 4) is 22.4 Å². The van der Waals surface area contributed by atoms with E-state index < -0.39 is 5.92 Å². The molecule has 2 fully saturated rings. The zero-order valence-corrected chi connectivity index (χ0v) is 17.8. The van der Waals surface area contributed by atoms with E-state index in [1.807, 2.05) is 6.07 Å². The van der Waals surface area contributed by atoms with Gasteiger partial charge in [0.05, 0.1) is 17.9 Å². The Balaban J connectivity index is 0.00000181. The van der Waals surface area contributed by atoms with Crippen molar-refractivity contribution in [2.24, 2.45) is 5.41 Å². The van der Waals surface area contributed by atoms with Crippen LogP contribution in [-0.4, -0.2) is 16.5 Å². The molecule has 1 saturated heterocycles. The Kier molecular flexibility index (Phi) is 4.22. The number of aromatic nitrogens is 2. The van der Waals surface area contributed by atoms with Crippen LogP contribution in [-0.2, 0) is 5.92 Å². The lowest BCUT2D eigenvalue weighted by molar-refractivity contribution is 0.0480. The molecular formula is C22H19BrClF2N3. The van der Waals surface area contributed by atoms with Gasteiger partial charge < -0.3 is 10.3 Å². The molecule has 3 aliphatic rings. The molecular weight excluding hydrogens is 460 g/mol. The minimum Gasteiger partial charge on any atom is -0.341 e. The van der Waals surface area contributed by atoms with Gasteiger partial charge in [-0.05, 0) is 54.0 Å². The van der Waals surface area contributed by atoms with Crippen LogP contribution in [0.25, 0.3) is 22.4 Å². The summed E-state index contributed by atoms with van der Waals surface area (Å²) < 4.78 is 30.8. The number of halogens is 4. The molecule has 2 N–H and O–H groups in total. The lowest BCUT2D eigenvalue weighted by atomic mass is 10.0. The molecule has 1 unspecified atom stereocenters. The van der Waals surface area contributed by atoms with E-state index in [0.717, 1.165) is 30.0 Å². The molecule has 2 aromatic carbocycles. The van der Waals surface area contributed by atoms with Crippen molar-refractivity contribution in [1.29, 1.82) is 0 Å². The van der Waals surface area contributed by atoms with E-state index in [-0.39, 0.29) is 29.6 Å². The molecule has 7 heteroatoms. The SMILES string of the molecule is Cl.FC1(F)c2cc(Br)ccc2-c2ccc(-c3cnc(C4CC5(CC5)CN4)[nH]3)cc21. The number of fused-ring (bicyclic) bond motifs is 3. The Morgan fingerprint density at radius 3 is 2.48 bits per heavy atom. The van der Waals surface area contributed by atoms with Crippen molar-refractivity contribution in [3.05, 3.63) is 64.0 Å². The summed E-state index contributed by atoms with van der Waals surface area (Å²) in [6, 6.07) is 10.6. The first-order valence-corrected chi connectivity index (χ1v) is 10.4.